The van der Waals surface area contributed by atoms with Crippen LogP contribution < -0.4 is 0 Å². The van der Waals surface area contributed by atoms with Gasteiger partial charge < -0.3 is 23.5 Å². The van der Waals surface area contributed by atoms with Gasteiger partial charge in [0.25, 0.3) is 0 Å². The molecule has 0 spiro atoms. The van der Waals surface area contributed by atoms with Crippen molar-refractivity contribution in [1.82, 2.24) is 0 Å². The summed E-state index contributed by atoms with van der Waals surface area (Å²) in [5, 5.41) is 21.1. The second-order valence-corrected chi connectivity index (χ2v) is 9.03. The topological polar surface area (TPSA) is 68.2 Å². The Morgan fingerprint density at radius 1 is 0.625 bits per heavy atom. The number of rotatable bonds is 17. The van der Waals surface area contributed by atoms with Gasteiger partial charge in [-0.05, 0) is 27.2 Å². The molecule has 0 atom stereocenters. The number of hydrogen-bond acceptors (Lipinski definition) is 5. The lowest BCUT2D eigenvalue weighted by atomic mass is 10.1. The van der Waals surface area contributed by atoms with E-state index in [0.717, 1.165) is 19.3 Å². The second kappa shape index (κ2) is 14.2. The maximum atomic E-state index is 10.6. The highest BCUT2D eigenvalue weighted by Crippen LogP contribution is 2.28. The van der Waals surface area contributed by atoms with Crippen LogP contribution in [0, 0.1) is 0 Å². The molecule has 0 heterocycles. The van der Waals surface area contributed by atoms with Gasteiger partial charge in [0.15, 0.2) is 0 Å². The van der Waals surface area contributed by atoms with E-state index in [1.54, 1.807) is 0 Å². The number of unbranched alkanes of at least 4 members (excludes halogenated alkanes) is 8. The summed E-state index contributed by atoms with van der Waals surface area (Å²) < 4.78 is 16.8. The Balaban J connectivity index is 4.22. The highest BCUT2D eigenvalue weighted by Gasteiger charge is 2.60. The van der Waals surface area contributed by atoms with E-state index in [1.165, 1.54) is 38.5 Å². The van der Waals surface area contributed by atoms with Gasteiger partial charge in [-0.3, -0.25) is 0 Å². The highest BCUT2D eigenvalue weighted by atomic mass is 28.4. The van der Waals surface area contributed by atoms with Crippen molar-refractivity contribution in [1.29, 1.82) is 0 Å². The van der Waals surface area contributed by atoms with Crippen LogP contribution in [-0.2, 0) is 13.3 Å². The van der Waals surface area contributed by atoms with Gasteiger partial charge in [-0.15, -0.1) is 0 Å². The van der Waals surface area contributed by atoms with E-state index in [4.69, 9.17) is 13.3 Å². The minimum Gasteiger partial charge on any atom is -0.371 e. The van der Waals surface area contributed by atoms with Crippen LogP contribution in [0.4, 0.5) is 0 Å². The minimum absolute atomic E-state index is 0.231. The van der Waals surface area contributed by atoms with Gasteiger partial charge >= 0.3 is 8.80 Å². The van der Waals surface area contributed by atoms with E-state index < -0.39 is 14.2 Å². The maximum absolute atomic E-state index is 10.6. The Kier molecular flexibility index (Phi) is 14.2. The molecule has 0 fully saturated rings. The van der Waals surface area contributed by atoms with Gasteiger partial charge in [0.05, 0.1) is 0 Å². The lowest BCUT2D eigenvalue weighted by Gasteiger charge is -2.37. The van der Waals surface area contributed by atoms with E-state index >= 15 is 0 Å². The zero-order valence-corrected chi connectivity index (χ0v) is 17.3. The average Bonchev–Trinajstić information content (AvgIpc) is 2.53. The van der Waals surface area contributed by atoms with Crippen LogP contribution in [0.25, 0.3) is 0 Å². The number of aliphatic hydroxyl groups is 2. The van der Waals surface area contributed by atoms with Crippen molar-refractivity contribution in [3.8, 4) is 0 Å². The lowest BCUT2D eigenvalue weighted by molar-refractivity contribution is -0.162. The summed E-state index contributed by atoms with van der Waals surface area (Å²) in [6.07, 6.45) is 10.8. The first-order valence-electron chi connectivity index (χ1n) is 9.86. The SMILES string of the molecule is CCCCCCCCCCCC(O)(O)[Si](OCC)(OCC)OCC. The summed E-state index contributed by atoms with van der Waals surface area (Å²) in [5.41, 5.74) is -2.02. The molecule has 0 aromatic carbocycles. The summed E-state index contributed by atoms with van der Waals surface area (Å²) in [6.45, 7) is 8.69. The van der Waals surface area contributed by atoms with Crippen molar-refractivity contribution in [2.75, 3.05) is 19.8 Å². The zero-order valence-electron chi connectivity index (χ0n) is 16.3. The van der Waals surface area contributed by atoms with Gasteiger partial charge in [-0.2, -0.15) is 0 Å². The molecule has 0 unspecified atom stereocenters. The van der Waals surface area contributed by atoms with E-state index in [9.17, 15) is 10.2 Å². The molecule has 0 amide bonds. The van der Waals surface area contributed by atoms with Crippen molar-refractivity contribution in [2.45, 2.75) is 97.3 Å². The van der Waals surface area contributed by atoms with Crippen molar-refractivity contribution in [3.05, 3.63) is 0 Å². The molecule has 6 heteroatoms. The summed E-state index contributed by atoms with van der Waals surface area (Å²) in [5.74, 6) is 0. The summed E-state index contributed by atoms with van der Waals surface area (Å²) in [4.78, 5) is 0. The van der Waals surface area contributed by atoms with Crippen LogP contribution in [0.3, 0.4) is 0 Å². The molecule has 5 nitrogen and oxygen atoms in total. The fourth-order valence-electron chi connectivity index (χ4n) is 2.88. The fraction of sp³-hybridized carbons (Fsp3) is 1.00. The third kappa shape index (κ3) is 8.92. The standard InChI is InChI=1S/C18H40O5Si/c1-5-9-10-11-12-13-14-15-16-17-18(19,20)24(21-6-2,22-7-3)23-8-4/h19-20H,5-17H2,1-4H3. The van der Waals surface area contributed by atoms with Gasteiger partial charge in [0, 0.05) is 26.2 Å². The first-order valence-corrected chi connectivity index (χ1v) is 11.6. The lowest BCUT2D eigenvalue weighted by Crippen LogP contribution is -2.65. The minimum atomic E-state index is -3.50. The molecule has 0 aliphatic rings. The van der Waals surface area contributed by atoms with E-state index in [1.807, 2.05) is 20.8 Å². The van der Waals surface area contributed by atoms with Crippen molar-refractivity contribution in [3.63, 3.8) is 0 Å². The maximum Gasteiger partial charge on any atom is 0.563 e. The summed E-state index contributed by atoms with van der Waals surface area (Å²) in [6, 6.07) is 0. The molecule has 0 saturated heterocycles. The molecule has 146 valence electrons. The molecular weight excluding hydrogens is 324 g/mol. The molecule has 0 radical (unpaired) electrons. The highest BCUT2D eigenvalue weighted by molar-refractivity contribution is 6.63. The molecule has 0 aliphatic heterocycles. The quantitative estimate of drug-likeness (QED) is 0.230. The van der Waals surface area contributed by atoms with E-state index in [0.29, 0.717) is 19.8 Å². The molecule has 0 bridgehead atoms. The summed E-state index contributed by atoms with van der Waals surface area (Å²) in [7, 11) is -3.50. The van der Waals surface area contributed by atoms with E-state index in [-0.39, 0.29) is 6.42 Å². The third-order valence-corrected chi connectivity index (χ3v) is 7.36. The normalized spacial score (nSPS) is 12.8. The van der Waals surface area contributed by atoms with Crippen LogP contribution in [0.2, 0.25) is 0 Å². The molecule has 0 saturated carbocycles. The Hall–Kier alpha value is 0.0169. The first kappa shape index (κ1) is 24.0. The monoisotopic (exact) mass is 364 g/mol. The van der Waals surface area contributed by atoms with Crippen LogP contribution in [0.1, 0.15) is 91.9 Å². The molecule has 0 aromatic heterocycles. The molecule has 0 aliphatic carbocycles. The van der Waals surface area contributed by atoms with Gasteiger partial charge in [-0.1, -0.05) is 58.3 Å². The molecule has 2 N–H and O–H groups in total. The molecule has 0 rings (SSSR count). The van der Waals surface area contributed by atoms with Crippen LogP contribution in [0.5, 0.6) is 0 Å². The van der Waals surface area contributed by atoms with E-state index in [2.05, 4.69) is 6.92 Å². The molecular formula is C18H40O5Si. The Labute approximate surface area is 150 Å². The van der Waals surface area contributed by atoms with Crippen LogP contribution >= 0.6 is 0 Å². The largest absolute Gasteiger partial charge is 0.563 e. The van der Waals surface area contributed by atoms with Gasteiger partial charge in [0.2, 0.25) is 5.41 Å². The van der Waals surface area contributed by atoms with Crippen LogP contribution in [-0.4, -0.2) is 44.2 Å². The summed E-state index contributed by atoms with van der Waals surface area (Å²) >= 11 is 0. The third-order valence-electron chi connectivity index (χ3n) is 4.12. The number of hydrogen-bond donors (Lipinski definition) is 2. The van der Waals surface area contributed by atoms with Gasteiger partial charge in [0.1, 0.15) is 0 Å². The predicted octanol–water partition coefficient (Wildman–Crippen LogP) is 4.18. The Morgan fingerprint density at radius 3 is 1.38 bits per heavy atom. The van der Waals surface area contributed by atoms with Crippen molar-refractivity contribution < 1.29 is 23.5 Å². The molecule has 0 aromatic rings. The first-order chi connectivity index (χ1) is 11.5. The average molecular weight is 365 g/mol. The Morgan fingerprint density at radius 2 is 1.00 bits per heavy atom. The fourth-order valence-corrected chi connectivity index (χ4v) is 5.44. The van der Waals surface area contributed by atoms with Gasteiger partial charge in [-0.25, -0.2) is 0 Å². The second-order valence-electron chi connectivity index (χ2n) is 6.25. The van der Waals surface area contributed by atoms with Crippen molar-refractivity contribution in [2.24, 2.45) is 0 Å². The molecule has 24 heavy (non-hydrogen) atoms. The van der Waals surface area contributed by atoms with Crippen molar-refractivity contribution >= 4 is 8.80 Å². The predicted molar refractivity (Wildman–Crippen MR) is 99.6 cm³/mol. The smallest absolute Gasteiger partial charge is 0.371 e. The Bertz CT molecular complexity index is 270. The van der Waals surface area contributed by atoms with Crippen LogP contribution in [0.15, 0.2) is 0 Å². The zero-order chi connectivity index (χ0) is 18.3.